The van der Waals surface area contributed by atoms with Crippen LogP contribution < -0.4 is 0 Å². The number of alkyl halides is 2. The average Bonchev–Trinajstić information content (AvgIpc) is 2.90. The zero-order chi connectivity index (χ0) is 13.0. The topological polar surface area (TPSA) is 0 Å². The maximum atomic E-state index is 14.0. The highest BCUT2D eigenvalue weighted by Crippen LogP contribution is 2.34. The molecule has 0 nitrogen and oxygen atoms in total. The van der Waals surface area contributed by atoms with Crippen molar-refractivity contribution in [2.75, 3.05) is 10.7 Å². The summed E-state index contributed by atoms with van der Waals surface area (Å²) in [4.78, 5) is 0. The Hall–Kier alpha value is -0.190. The van der Waals surface area contributed by atoms with Gasteiger partial charge in [0.15, 0.2) is 0 Å². The van der Waals surface area contributed by atoms with E-state index < -0.39 is 0 Å². The molecule has 0 fully saturated rings. The van der Waals surface area contributed by atoms with Crippen LogP contribution in [0.1, 0.15) is 11.1 Å². The molecule has 0 unspecified atom stereocenters. The van der Waals surface area contributed by atoms with Gasteiger partial charge >= 0.3 is 0 Å². The molecule has 2 rings (SSSR count). The molecular weight excluding hydrogens is 379 g/mol. The number of benzene rings is 1. The monoisotopic (exact) mass is 390 g/mol. The Kier molecular flexibility index (Phi) is 4.98. The summed E-state index contributed by atoms with van der Waals surface area (Å²) < 4.78 is 14.0. The zero-order valence-electron chi connectivity index (χ0n) is 9.70. The molecule has 0 N–H and O–H groups in total. The van der Waals surface area contributed by atoms with Crippen molar-refractivity contribution in [2.45, 2.75) is 11.8 Å². The SMILES string of the molecule is Fc1ccccc1C(CBr)(CBr)Cc1ccsc1. The lowest BCUT2D eigenvalue weighted by atomic mass is 9.79. The quantitative estimate of drug-likeness (QED) is 0.617. The molecule has 0 aliphatic carbocycles. The lowest BCUT2D eigenvalue weighted by Gasteiger charge is -2.30. The van der Waals surface area contributed by atoms with E-state index in [0.717, 1.165) is 22.6 Å². The zero-order valence-corrected chi connectivity index (χ0v) is 13.7. The fraction of sp³-hybridized carbons (Fsp3) is 0.286. The van der Waals surface area contributed by atoms with Crippen LogP contribution in [0.4, 0.5) is 4.39 Å². The van der Waals surface area contributed by atoms with Crippen LogP contribution in [0.25, 0.3) is 0 Å². The van der Waals surface area contributed by atoms with Gasteiger partial charge in [0.25, 0.3) is 0 Å². The van der Waals surface area contributed by atoms with Gasteiger partial charge in [0.05, 0.1) is 0 Å². The van der Waals surface area contributed by atoms with Crippen molar-refractivity contribution >= 4 is 43.2 Å². The van der Waals surface area contributed by atoms with Gasteiger partial charge in [-0.15, -0.1) is 0 Å². The summed E-state index contributed by atoms with van der Waals surface area (Å²) in [6, 6.07) is 9.14. The smallest absolute Gasteiger partial charge is 0.127 e. The first kappa shape index (κ1) is 14.2. The van der Waals surface area contributed by atoms with Crippen molar-refractivity contribution in [3.8, 4) is 0 Å². The van der Waals surface area contributed by atoms with Crippen LogP contribution in [0.15, 0.2) is 41.1 Å². The number of hydrogen-bond acceptors (Lipinski definition) is 1. The Morgan fingerprint density at radius 3 is 2.39 bits per heavy atom. The van der Waals surface area contributed by atoms with Gasteiger partial charge in [0, 0.05) is 16.1 Å². The third-order valence-electron chi connectivity index (χ3n) is 3.08. The highest BCUT2D eigenvalue weighted by molar-refractivity contribution is 9.09. The maximum Gasteiger partial charge on any atom is 0.127 e. The second kappa shape index (κ2) is 6.31. The molecule has 1 aromatic carbocycles. The van der Waals surface area contributed by atoms with Gasteiger partial charge in [-0.1, -0.05) is 50.1 Å². The summed E-state index contributed by atoms with van der Waals surface area (Å²) in [5.74, 6) is -0.133. The summed E-state index contributed by atoms with van der Waals surface area (Å²) in [5.41, 5.74) is 1.78. The molecule has 96 valence electrons. The predicted octanol–water partition coefficient (Wildman–Crippen LogP) is 5.16. The van der Waals surface area contributed by atoms with Gasteiger partial charge in [0.1, 0.15) is 5.82 Å². The van der Waals surface area contributed by atoms with Crippen molar-refractivity contribution < 1.29 is 4.39 Å². The standard InChI is InChI=1S/C14H13Br2FS/c15-9-14(10-16,7-11-5-6-18-8-11)12-3-1-2-4-13(12)17/h1-6,8H,7,9-10H2. The molecule has 18 heavy (non-hydrogen) atoms. The normalized spacial score (nSPS) is 11.7. The second-order valence-electron chi connectivity index (χ2n) is 4.34. The van der Waals surface area contributed by atoms with E-state index in [4.69, 9.17) is 0 Å². The van der Waals surface area contributed by atoms with Crippen LogP contribution in [0, 0.1) is 5.82 Å². The lowest BCUT2D eigenvalue weighted by Crippen LogP contribution is -2.33. The van der Waals surface area contributed by atoms with Crippen LogP contribution in [0.2, 0.25) is 0 Å². The minimum atomic E-state index is -0.244. The van der Waals surface area contributed by atoms with Crippen LogP contribution in [0.3, 0.4) is 0 Å². The third-order valence-corrected chi connectivity index (χ3v) is 5.96. The van der Waals surface area contributed by atoms with E-state index in [0.29, 0.717) is 0 Å². The third kappa shape index (κ3) is 2.86. The van der Waals surface area contributed by atoms with E-state index in [1.807, 2.05) is 12.1 Å². The first-order chi connectivity index (χ1) is 8.72. The van der Waals surface area contributed by atoms with E-state index in [-0.39, 0.29) is 11.2 Å². The molecule has 1 aromatic heterocycles. The number of hydrogen-bond donors (Lipinski definition) is 0. The highest BCUT2D eigenvalue weighted by atomic mass is 79.9. The average molecular weight is 392 g/mol. The number of halogens is 3. The summed E-state index contributed by atoms with van der Waals surface area (Å²) in [5, 5.41) is 5.63. The summed E-state index contributed by atoms with van der Waals surface area (Å²) in [6.45, 7) is 0. The maximum absolute atomic E-state index is 14.0. The fourth-order valence-corrected chi connectivity index (χ4v) is 4.64. The Bertz CT molecular complexity index is 492. The van der Waals surface area contributed by atoms with Crippen LogP contribution in [-0.4, -0.2) is 10.7 Å². The molecule has 0 amide bonds. The van der Waals surface area contributed by atoms with E-state index >= 15 is 0 Å². The fourth-order valence-electron chi connectivity index (χ4n) is 2.04. The first-order valence-corrected chi connectivity index (χ1v) is 8.78. The largest absolute Gasteiger partial charge is 0.207 e. The molecule has 0 bridgehead atoms. The summed E-state index contributed by atoms with van der Waals surface area (Å²) in [7, 11) is 0. The molecule has 0 radical (unpaired) electrons. The Morgan fingerprint density at radius 2 is 1.83 bits per heavy atom. The molecule has 0 aliphatic heterocycles. The molecule has 2 aromatic rings. The van der Waals surface area contributed by atoms with Crippen molar-refractivity contribution in [1.29, 1.82) is 0 Å². The van der Waals surface area contributed by atoms with Gasteiger partial charge in [-0.05, 0) is 40.4 Å². The van der Waals surface area contributed by atoms with Crippen molar-refractivity contribution in [1.82, 2.24) is 0 Å². The van der Waals surface area contributed by atoms with Gasteiger partial charge in [0.2, 0.25) is 0 Å². The van der Waals surface area contributed by atoms with E-state index in [2.05, 4.69) is 48.7 Å². The minimum absolute atomic E-state index is 0.133. The van der Waals surface area contributed by atoms with Gasteiger partial charge in [-0.3, -0.25) is 0 Å². The summed E-state index contributed by atoms with van der Waals surface area (Å²) in [6.07, 6.45) is 0.827. The van der Waals surface area contributed by atoms with E-state index in [1.165, 1.54) is 11.6 Å². The molecule has 4 heteroatoms. The second-order valence-corrected chi connectivity index (χ2v) is 6.24. The molecule has 0 atom stereocenters. The van der Waals surface area contributed by atoms with E-state index in [9.17, 15) is 4.39 Å². The van der Waals surface area contributed by atoms with Crippen molar-refractivity contribution in [3.63, 3.8) is 0 Å². The molecule has 0 spiro atoms. The molecule has 0 aliphatic rings. The van der Waals surface area contributed by atoms with Gasteiger partial charge in [-0.25, -0.2) is 4.39 Å². The molecule has 0 saturated heterocycles. The number of thiophene rings is 1. The van der Waals surface area contributed by atoms with Crippen LogP contribution in [0.5, 0.6) is 0 Å². The predicted molar refractivity (Wildman–Crippen MR) is 83.7 cm³/mol. The van der Waals surface area contributed by atoms with Crippen LogP contribution >= 0.6 is 43.2 Å². The lowest BCUT2D eigenvalue weighted by molar-refractivity contribution is 0.501. The Labute approximate surface area is 127 Å². The van der Waals surface area contributed by atoms with Gasteiger partial charge < -0.3 is 0 Å². The molecule has 1 heterocycles. The Morgan fingerprint density at radius 1 is 1.11 bits per heavy atom. The van der Waals surface area contributed by atoms with Crippen molar-refractivity contribution in [3.05, 3.63) is 58.0 Å². The van der Waals surface area contributed by atoms with Crippen molar-refractivity contribution in [2.24, 2.45) is 0 Å². The minimum Gasteiger partial charge on any atom is -0.207 e. The summed E-state index contributed by atoms with van der Waals surface area (Å²) >= 11 is 8.79. The Balaban J connectivity index is 2.40. The highest BCUT2D eigenvalue weighted by Gasteiger charge is 2.32. The first-order valence-electron chi connectivity index (χ1n) is 5.60. The molecule has 0 saturated carbocycles. The van der Waals surface area contributed by atoms with E-state index in [1.54, 1.807) is 17.4 Å². The van der Waals surface area contributed by atoms with Crippen LogP contribution in [-0.2, 0) is 11.8 Å². The molecular formula is C14H13Br2FS. The number of rotatable bonds is 5. The van der Waals surface area contributed by atoms with Gasteiger partial charge in [-0.2, -0.15) is 11.3 Å².